The lowest BCUT2D eigenvalue weighted by molar-refractivity contribution is 0.477. The number of rotatable bonds is 6. The number of nitrogens with zero attached hydrogens (tertiary/aromatic N) is 5. The summed E-state index contributed by atoms with van der Waals surface area (Å²) in [5.41, 5.74) is 17.3. The molecular formula is C57H51N5O. The molecule has 0 aliphatic heterocycles. The molecule has 5 heterocycles. The maximum atomic E-state index is 11.1. The number of para-hydroxylation sites is 3. The summed E-state index contributed by atoms with van der Waals surface area (Å²) in [6.45, 7) is 17.7. The van der Waals surface area contributed by atoms with Crippen LogP contribution in [-0.2, 0) is 10.8 Å². The Balaban J connectivity index is 1.13. The number of imidazole rings is 1. The fourth-order valence-electron chi connectivity index (χ4n) is 9.09. The van der Waals surface area contributed by atoms with Gasteiger partial charge < -0.3 is 14.1 Å². The van der Waals surface area contributed by atoms with Gasteiger partial charge in [0.1, 0.15) is 11.6 Å². The molecule has 0 unspecified atom stereocenters. The van der Waals surface area contributed by atoms with E-state index < -0.39 is 0 Å². The van der Waals surface area contributed by atoms with Crippen molar-refractivity contribution in [3.05, 3.63) is 181 Å². The summed E-state index contributed by atoms with van der Waals surface area (Å²) in [5.74, 6) is 1.16. The maximum absolute atomic E-state index is 11.1. The average Bonchev–Trinajstić information content (AvgIpc) is 3.78. The number of aromatic hydroxyl groups is 1. The smallest absolute Gasteiger partial charge is 0.124 e. The molecule has 5 aromatic carbocycles. The van der Waals surface area contributed by atoms with E-state index in [1.807, 2.05) is 24.4 Å². The Hall–Kier alpha value is -7.31. The predicted molar refractivity (Wildman–Crippen MR) is 261 cm³/mol. The Morgan fingerprint density at radius 1 is 0.492 bits per heavy atom. The number of phenolic OH excluding ortho intramolecular Hbond substituents is 1. The zero-order valence-corrected chi connectivity index (χ0v) is 37.2. The highest BCUT2D eigenvalue weighted by Gasteiger charge is 2.23. The molecule has 10 rings (SSSR count). The van der Waals surface area contributed by atoms with Gasteiger partial charge in [-0.3, -0.25) is 4.98 Å². The van der Waals surface area contributed by atoms with Crippen LogP contribution in [-0.4, -0.2) is 29.0 Å². The highest BCUT2D eigenvalue weighted by Crippen LogP contribution is 2.42. The molecule has 10 aromatic rings. The van der Waals surface area contributed by atoms with Gasteiger partial charge in [-0.25, -0.2) is 9.97 Å². The molecule has 0 saturated heterocycles. The van der Waals surface area contributed by atoms with E-state index in [1.54, 1.807) is 6.07 Å². The first-order valence-electron chi connectivity index (χ1n) is 21.7. The van der Waals surface area contributed by atoms with E-state index in [4.69, 9.17) is 15.0 Å². The summed E-state index contributed by atoms with van der Waals surface area (Å²) in [5, 5.41) is 13.5. The van der Waals surface area contributed by atoms with Gasteiger partial charge in [0, 0.05) is 45.4 Å². The highest BCUT2D eigenvalue weighted by molar-refractivity contribution is 6.14. The normalized spacial score (nSPS) is 12.2. The largest absolute Gasteiger partial charge is 0.507 e. The third-order valence-electron chi connectivity index (χ3n) is 12.5. The molecule has 6 heteroatoms. The minimum atomic E-state index is -0.0449. The predicted octanol–water partition coefficient (Wildman–Crippen LogP) is 14.5. The quantitative estimate of drug-likeness (QED) is 0.181. The molecule has 0 bridgehead atoms. The van der Waals surface area contributed by atoms with Crippen molar-refractivity contribution in [3.63, 3.8) is 0 Å². The third-order valence-corrected chi connectivity index (χ3v) is 12.5. The number of aromatic nitrogens is 5. The number of aryl methyl sites for hydroxylation is 2. The van der Waals surface area contributed by atoms with Crippen LogP contribution in [0.5, 0.6) is 5.75 Å². The van der Waals surface area contributed by atoms with E-state index in [1.165, 1.54) is 21.9 Å². The highest BCUT2D eigenvalue weighted by atomic mass is 16.3. The van der Waals surface area contributed by atoms with Crippen LogP contribution < -0.4 is 0 Å². The molecule has 0 aliphatic carbocycles. The van der Waals surface area contributed by atoms with Gasteiger partial charge in [0.2, 0.25) is 0 Å². The third kappa shape index (κ3) is 7.06. The van der Waals surface area contributed by atoms with Gasteiger partial charge in [-0.15, -0.1) is 0 Å². The van der Waals surface area contributed by atoms with E-state index in [0.29, 0.717) is 11.3 Å². The molecule has 5 aromatic heterocycles. The van der Waals surface area contributed by atoms with Crippen molar-refractivity contribution < 1.29 is 5.11 Å². The molecule has 0 spiro atoms. The van der Waals surface area contributed by atoms with Crippen LogP contribution in [0.1, 0.15) is 64.2 Å². The Bertz CT molecular complexity index is 3380. The summed E-state index contributed by atoms with van der Waals surface area (Å²) in [4.78, 5) is 15.1. The van der Waals surface area contributed by atoms with Gasteiger partial charge in [0.15, 0.2) is 0 Å². The van der Waals surface area contributed by atoms with Crippen LogP contribution in [0, 0.1) is 13.8 Å². The van der Waals surface area contributed by atoms with Crippen LogP contribution in [0.4, 0.5) is 0 Å². The summed E-state index contributed by atoms with van der Waals surface area (Å²) < 4.78 is 4.60. The maximum Gasteiger partial charge on any atom is 0.124 e. The lowest BCUT2D eigenvalue weighted by atomic mass is 9.79. The topological polar surface area (TPSA) is 68.2 Å². The lowest BCUT2D eigenvalue weighted by Crippen LogP contribution is -2.16. The van der Waals surface area contributed by atoms with Crippen molar-refractivity contribution >= 4 is 27.3 Å². The zero-order valence-electron chi connectivity index (χ0n) is 37.2. The summed E-state index contributed by atoms with van der Waals surface area (Å²) in [7, 11) is 0. The van der Waals surface area contributed by atoms with Crippen molar-refractivity contribution in [1.29, 1.82) is 0 Å². The first kappa shape index (κ1) is 39.8. The van der Waals surface area contributed by atoms with Crippen LogP contribution in [0.3, 0.4) is 0 Å². The van der Waals surface area contributed by atoms with Gasteiger partial charge in [0.05, 0.1) is 45.0 Å². The summed E-state index contributed by atoms with van der Waals surface area (Å²) in [6, 6.07) is 51.1. The van der Waals surface area contributed by atoms with Crippen molar-refractivity contribution in [1.82, 2.24) is 23.9 Å². The Labute approximate surface area is 369 Å². The fourth-order valence-corrected chi connectivity index (χ4v) is 9.09. The number of fused-ring (bicyclic) bond motifs is 4. The second-order valence-electron chi connectivity index (χ2n) is 18.9. The minimum Gasteiger partial charge on any atom is -0.507 e. The van der Waals surface area contributed by atoms with E-state index in [-0.39, 0.29) is 16.6 Å². The molecular weight excluding hydrogens is 771 g/mol. The second-order valence-corrected chi connectivity index (χ2v) is 18.9. The van der Waals surface area contributed by atoms with E-state index in [0.717, 1.165) is 78.5 Å². The molecule has 0 saturated carbocycles. The molecule has 6 nitrogen and oxygen atoms in total. The van der Waals surface area contributed by atoms with Gasteiger partial charge in [-0.2, -0.15) is 0 Å². The van der Waals surface area contributed by atoms with E-state index in [2.05, 4.69) is 192 Å². The average molecular weight is 822 g/mol. The van der Waals surface area contributed by atoms with Gasteiger partial charge in [-0.1, -0.05) is 126 Å². The van der Waals surface area contributed by atoms with E-state index >= 15 is 0 Å². The standard InChI is InChI=1S/C57H51N5O/c1-35-54-52(23-15-27-61(54)36(2)59-35)62-51-22-11-9-18-45(51)46-21-14-20-44(55(46)62)37-25-26-58-48(31-37)38-16-13-17-39(28-38)49-32-41(33-50(60-49)47-19-10-12-24-53(47)63)40-29-42(56(3,4)5)34-43(30-40)57(6,7)8/h9-34,63H,1-8H3. The molecule has 0 amide bonds. The van der Waals surface area contributed by atoms with Gasteiger partial charge in [-0.05, 0) is 113 Å². The lowest BCUT2D eigenvalue weighted by Gasteiger charge is -2.26. The van der Waals surface area contributed by atoms with Crippen LogP contribution >= 0.6 is 0 Å². The van der Waals surface area contributed by atoms with Gasteiger partial charge >= 0.3 is 0 Å². The summed E-state index contributed by atoms with van der Waals surface area (Å²) in [6.07, 6.45) is 4.01. The van der Waals surface area contributed by atoms with Crippen molar-refractivity contribution in [3.8, 4) is 67.5 Å². The van der Waals surface area contributed by atoms with Crippen molar-refractivity contribution in [2.75, 3.05) is 0 Å². The zero-order chi connectivity index (χ0) is 43.8. The molecule has 0 fully saturated rings. The SMILES string of the molecule is Cc1nc(C)n2cccc(-n3c4ccccc4c4cccc(-c5ccnc(-c6cccc(-c7cc(-c8cc(C(C)(C)C)cc(C(C)(C)C)c8)cc(-c8ccccc8O)n7)c6)c5)c43)c12. The van der Waals surface area contributed by atoms with Crippen molar-refractivity contribution in [2.45, 2.75) is 66.2 Å². The monoisotopic (exact) mass is 821 g/mol. The first-order valence-corrected chi connectivity index (χ1v) is 21.7. The summed E-state index contributed by atoms with van der Waals surface area (Å²) >= 11 is 0. The molecule has 1 N–H and O–H groups in total. The Morgan fingerprint density at radius 3 is 1.89 bits per heavy atom. The first-order chi connectivity index (χ1) is 30.2. The second kappa shape index (κ2) is 14.9. The molecule has 63 heavy (non-hydrogen) atoms. The molecule has 0 atom stereocenters. The van der Waals surface area contributed by atoms with Crippen molar-refractivity contribution in [2.24, 2.45) is 0 Å². The number of phenols is 1. The van der Waals surface area contributed by atoms with Crippen LogP contribution in [0.15, 0.2) is 158 Å². The van der Waals surface area contributed by atoms with Crippen LogP contribution in [0.25, 0.3) is 89.0 Å². The molecule has 0 radical (unpaired) electrons. The number of benzene rings is 5. The minimum absolute atomic E-state index is 0.0449. The number of pyridine rings is 3. The molecule has 310 valence electrons. The Kier molecular flexibility index (Phi) is 9.45. The van der Waals surface area contributed by atoms with Crippen LogP contribution in [0.2, 0.25) is 0 Å². The fraction of sp³-hybridized carbons (Fsp3) is 0.175. The van der Waals surface area contributed by atoms with E-state index in [9.17, 15) is 5.11 Å². The number of hydrogen-bond donors (Lipinski definition) is 1. The number of hydrogen-bond acceptors (Lipinski definition) is 4. The van der Waals surface area contributed by atoms with Gasteiger partial charge in [0.25, 0.3) is 0 Å². The Morgan fingerprint density at radius 2 is 1.13 bits per heavy atom. The molecule has 0 aliphatic rings.